The summed E-state index contributed by atoms with van der Waals surface area (Å²) in [5.41, 5.74) is 5.08. The maximum atomic E-state index is 12.8. The van der Waals surface area contributed by atoms with Gasteiger partial charge in [0.25, 0.3) is 5.92 Å². The summed E-state index contributed by atoms with van der Waals surface area (Å²) in [6, 6.07) is 0. The minimum Gasteiger partial charge on any atom is -0.386 e. The van der Waals surface area contributed by atoms with Gasteiger partial charge in [-0.2, -0.15) is 0 Å². The van der Waals surface area contributed by atoms with Crippen LogP contribution in [0.5, 0.6) is 0 Å². The molecule has 64 valence electrons. The van der Waals surface area contributed by atoms with Crippen LogP contribution in [0.1, 0.15) is 12.8 Å². The quantitative estimate of drug-likeness (QED) is 0.648. The Morgan fingerprint density at radius 2 is 2.18 bits per heavy atom. The van der Waals surface area contributed by atoms with Crippen LogP contribution >= 0.6 is 0 Å². The van der Waals surface area contributed by atoms with Crippen LogP contribution < -0.4 is 11.1 Å². The van der Waals surface area contributed by atoms with E-state index in [1.165, 1.54) is 0 Å². The van der Waals surface area contributed by atoms with Gasteiger partial charge >= 0.3 is 0 Å². The lowest BCUT2D eigenvalue weighted by Crippen LogP contribution is -2.35. The summed E-state index contributed by atoms with van der Waals surface area (Å²) in [6.45, 7) is 2.89. The van der Waals surface area contributed by atoms with Crippen molar-refractivity contribution in [2.45, 2.75) is 18.8 Å². The predicted octanol–water partition coefficient (Wildman–Crippen LogP) is 1.05. The zero-order valence-electron chi connectivity index (χ0n) is 6.24. The zero-order valence-corrected chi connectivity index (χ0v) is 6.24. The summed E-state index contributed by atoms with van der Waals surface area (Å²) in [5.74, 6) is -2.94. The normalized spacial score (nSPS) is 18.0. The van der Waals surface area contributed by atoms with Gasteiger partial charge in [-0.3, -0.25) is 0 Å². The molecule has 0 aromatic carbocycles. The van der Waals surface area contributed by atoms with Crippen LogP contribution in [-0.4, -0.2) is 12.5 Å². The summed E-state index contributed by atoms with van der Waals surface area (Å²) in [7, 11) is 0. The summed E-state index contributed by atoms with van der Waals surface area (Å²) in [4.78, 5) is 0. The highest BCUT2D eigenvalue weighted by atomic mass is 19.3. The van der Waals surface area contributed by atoms with Crippen molar-refractivity contribution in [1.82, 2.24) is 5.32 Å². The summed E-state index contributed by atoms with van der Waals surface area (Å²) in [5, 5.41) is 2.34. The Bertz CT molecular complexity index is 164. The first-order chi connectivity index (χ1) is 5.02. The van der Waals surface area contributed by atoms with Gasteiger partial charge in [0.1, 0.15) is 0 Å². The Hall–Kier alpha value is -0.800. The second kappa shape index (κ2) is 2.68. The fourth-order valence-electron chi connectivity index (χ4n) is 0.881. The van der Waals surface area contributed by atoms with Crippen molar-refractivity contribution >= 4 is 0 Å². The first-order valence-electron chi connectivity index (χ1n) is 3.58. The van der Waals surface area contributed by atoms with Crippen molar-refractivity contribution in [2.75, 3.05) is 6.54 Å². The first-order valence-corrected chi connectivity index (χ1v) is 3.58. The molecule has 0 aliphatic heterocycles. The van der Waals surface area contributed by atoms with Crippen LogP contribution in [0.4, 0.5) is 8.78 Å². The lowest BCUT2D eigenvalue weighted by atomic mass is 10.2. The van der Waals surface area contributed by atoms with Crippen molar-refractivity contribution in [2.24, 2.45) is 11.7 Å². The maximum absolute atomic E-state index is 12.8. The van der Waals surface area contributed by atoms with Crippen molar-refractivity contribution in [3.05, 3.63) is 12.4 Å². The SMILES string of the molecule is C=C(N)NCC(F)(F)C1CC1. The Balaban J connectivity index is 2.27. The average molecular weight is 162 g/mol. The van der Waals surface area contributed by atoms with Gasteiger partial charge in [0, 0.05) is 5.92 Å². The van der Waals surface area contributed by atoms with Crippen LogP contribution in [0, 0.1) is 5.92 Å². The molecule has 11 heavy (non-hydrogen) atoms. The molecule has 1 aliphatic carbocycles. The Labute approximate surface area is 64.5 Å². The highest BCUT2D eigenvalue weighted by Gasteiger charge is 2.46. The molecule has 1 rings (SSSR count). The second-order valence-electron chi connectivity index (χ2n) is 2.91. The molecule has 0 spiro atoms. The number of rotatable bonds is 4. The maximum Gasteiger partial charge on any atom is 0.267 e. The average Bonchev–Trinajstić information content (AvgIpc) is 2.64. The number of hydrogen-bond donors (Lipinski definition) is 2. The van der Waals surface area contributed by atoms with Crippen molar-refractivity contribution in [3.8, 4) is 0 Å². The Morgan fingerprint density at radius 1 is 1.64 bits per heavy atom. The van der Waals surface area contributed by atoms with Gasteiger partial charge in [0.15, 0.2) is 0 Å². The molecule has 1 fully saturated rings. The molecule has 0 saturated heterocycles. The molecule has 0 unspecified atom stereocenters. The third kappa shape index (κ3) is 2.37. The van der Waals surface area contributed by atoms with Crippen molar-refractivity contribution < 1.29 is 8.78 Å². The Morgan fingerprint density at radius 3 is 2.55 bits per heavy atom. The van der Waals surface area contributed by atoms with E-state index in [1.54, 1.807) is 0 Å². The molecular weight excluding hydrogens is 150 g/mol. The van der Waals surface area contributed by atoms with E-state index >= 15 is 0 Å². The third-order valence-electron chi connectivity index (χ3n) is 1.73. The number of halogens is 2. The fraction of sp³-hybridized carbons (Fsp3) is 0.714. The smallest absolute Gasteiger partial charge is 0.267 e. The minimum atomic E-state index is -2.61. The van der Waals surface area contributed by atoms with Crippen LogP contribution in [-0.2, 0) is 0 Å². The molecule has 4 heteroatoms. The topological polar surface area (TPSA) is 38.0 Å². The molecule has 2 nitrogen and oxygen atoms in total. The largest absolute Gasteiger partial charge is 0.386 e. The van der Waals surface area contributed by atoms with Gasteiger partial charge < -0.3 is 11.1 Å². The molecule has 0 amide bonds. The van der Waals surface area contributed by atoms with Gasteiger partial charge in [-0.15, -0.1) is 0 Å². The predicted molar refractivity (Wildman–Crippen MR) is 39.0 cm³/mol. The van der Waals surface area contributed by atoms with E-state index < -0.39 is 11.8 Å². The summed E-state index contributed by atoms with van der Waals surface area (Å²) in [6.07, 6.45) is 1.26. The van der Waals surface area contributed by atoms with E-state index in [9.17, 15) is 8.78 Å². The Kier molecular flexibility index (Phi) is 2.02. The number of alkyl halides is 2. The first kappa shape index (κ1) is 8.30. The molecule has 0 atom stereocenters. The van der Waals surface area contributed by atoms with Gasteiger partial charge in [0.2, 0.25) is 0 Å². The molecule has 3 N–H and O–H groups in total. The van der Waals surface area contributed by atoms with Crippen molar-refractivity contribution in [1.29, 1.82) is 0 Å². The second-order valence-corrected chi connectivity index (χ2v) is 2.91. The number of nitrogens with one attached hydrogen (secondary N) is 1. The summed E-state index contributed by atoms with van der Waals surface area (Å²) < 4.78 is 25.6. The minimum absolute atomic E-state index is 0.102. The van der Waals surface area contributed by atoms with Gasteiger partial charge in [-0.25, -0.2) is 8.78 Å². The van der Waals surface area contributed by atoms with Crippen LogP contribution in [0.2, 0.25) is 0 Å². The number of hydrogen-bond acceptors (Lipinski definition) is 2. The van der Waals surface area contributed by atoms with Gasteiger partial charge in [-0.1, -0.05) is 6.58 Å². The van der Waals surface area contributed by atoms with Crippen LogP contribution in [0.25, 0.3) is 0 Å². The van der Waals surface area contributed by atoms with Crippen LogP contribution in [0.15, 0.2) is 12.4 Å². The molecule has 0 aromatic heterocycles. The lowest BCUT2D eigenvalue weighted by Gasteiger charge is -2.16. The van der Waals surface area contributed by atoms with E-state index in [0.717, 1.165) is 0 Å². The highest BCUT2D eigenvalue weighted by Crippen LogP contribution is 2.42. The number of nitrogens with two attached hydrogens (primary N) is 1. The molecule has 1 saturated carbocycles. The zero-order chi connectivity index (χ0) is 8.48. The van der Waals surface area contributed by atoms with Gasteiger partial charge in [-0.05, 0) is 12.8 Å². The third-order valence-corrected chi connectivity index (χ3v) is 1.73. The van der Waals surface area contributed by atoms with E-state index in [1.807, 2.05) is 0 Å². The lowest BCUT2D eigenvalue weighted by molar-refractivity contribution is -0.0187. The molecule has 0 bridgehead atoms. The standard InChI is InChI=1S/C7H12F2N2/c1-5(10)11-4-7(8,9)6-2-3-6/h6,11H,1-4,10H2. The van der Waals surface area contributed by atoms with Crippen LogP contribution in [0.3, 0.4) is 0 Å². The van der Waals surface area contributed by atoms with Gasteiger partial charge in [0.05, 0.1) is 12.4 Å². The summed E-state index contributed by atoms with van der Waals surface area (Å²) >= 11 is 0. The van der Waals surface area contributed by atoms with E-state index in [0.29, 0.717) is 12.8 Å². The molecular formula is C7H12F2N2. The van der Waals surface area contributed by atoms with Crippen molar-refractivity contribution in [3.63, 3.8) is 0 Å². The van der Waals surface area contributed by atoms with E-state index in [4.69, 9.17) is 5.73 Å². The molecule has 0 aromatic rings. The molecule has 0 heterocycles. The van der Waals surface area contributed by atoms with E-state index in [-0.39, 0.29) is 12.4 Å². The highest BCUT2D eigenvalue weighted by molar-refractivity contribution is 4.92. The monoisotopic (exact) mass is 162 g/mol. The molecule has 1 aliphatic rings. The molecule has 0 radical (unpaired) electrons. The fourth-order valence-corrected chi connectivity index (χ4v) is 0.881. The van der Waals surface area contributed by atoms with E-state index in [2.05, 4.69) is 11.9 Å².